The molecule has 19 heavy (non-hydrogen) atoms. The molecule has 0 amide bonds. The van der Waals surface area contributed by atoms with Crippen LogP contribution in [0, 0.1) is 6.92 Å². The summed E-state index contributed by atoms with van der Waals surface area (Å²) in [6.45, 7) is 2.05. The van der Waals surface area contributed by atoms with Crippen LogP contribution < -0.4 is 10.1 Å². The number of methoxy groups -OCH3 is 1. The number of aliphatic hydroxyl groups excluding tert-OH is 1. The summed E-state index contributed by atoms with van der Waals surface area (Å²) in [6, 6.07) is 15.6. The molecule has 0 aliphatic heterocycles. The number of hydrogen-bond acceptors (Lipinski definition) is 3. The fourth-order valence-corrected chi connectivity index (χ4v) is 2.10. The molecule has 0 bridgehead atoms. The summed E-state index contributed by atoms with van der Waals surface area (Å²) >= 11 is 0. The minimum atomic E-state index is -0.183. The minimum Gasteiger partial charge on any atom is -0.496 e. The summed E-state index contributed by atoms with van der Waals surface area (Å²) in [5, 5.41) is 13.0. The van der Waals surface area contributed by atoms with Gasteiger partial charge < -0.3 is 15.2 Å². The standard InChI is InChI=1S/C16H19NO2/c1-12-7-3-5-9-14(12)17-15(11-18)13-8-4-6-10-16(13)19-2/h3-10,15,17-18H,11H2,1-2H3. The minimum absolute atomic E-state index is 0.00864. The van der Waals surface area contributed by atoms with Crippen LogP contribution in [0.1, 0.15) is 17.2 Å². The third-order valence-corrected chi connectivity index (χ3v) is 3.17. The van der Waals surface area contributed by atoms with Gasteiger partial charge in [-0.25, -0.2) is 0 Å². The molecule has 0 saturated heterocycles. The molecular formula is C16H19NO2. The molecule has 0 aliphatic rings. The predicted molar refractivity (Wildman–Crippen MR) is 77.6 cm³/mol. The number of hydrogen-bond donors (Lipinski definition) is 2. The lowest BCUT2D eigenvalue weighted by atomic mass is 10.1. The summed E-state index contributed by atoms with van der Waals surface area (Å²) in [5.41, 5.74) is 3.12. The third-order valence-electron chi connectivity index (χ3n) is 3.17. The maximum atomic E-state index is 9.63. The highest BCUT2D eigenvalue weighted by molar-refractivity contribution is 5.53. The molecule has 1 unspecified atom stereocenters. The van der Waals surface area contributed by atoms with Gasteiger partial charge in [-0.1, -0.05) is 36.4 Å². The van der Waals surface area contributed by atoms with Gasteiger partial charge in [-0.3, -0.25) is 0 Å². The molecule has 0 saturated carbocycles. The lowest BCUT2D eigenvalue weighted by Crippen LogP contribution is -2.16. The highest BCUT2D eigenvalue weighted by Crippen LogP contribution is 2.28. The molecule has 0 aliphatic carbocycles. The van der Waals surface area contributed by atoms with Gasteiger partial charge in [0, 0.05) is 11.3 Å². The molecule has 100 valence electrons. The number of aliphatic hydroxyl groups is 1. The first-order valence-corrected chi connectivity index (χ1v) is 6.32. The van der Waals surface area contributed by atoms with Crippen molar-refractivity contribution >= 4 is 5.69 Å². The van der Waals surface area contributed by atoms with Crippen LogP contribution in [0.15, 0.2) is 48.5 Å². The number of para-hydroxylation sites is 2. The zero-order valence-corrected chi connectivity index (χ0v) is 11.3. The van der Waals surface area contributed by atoms with Gasteiger partial charge in [-0.05, 0) is 24.6 Å². The average Bonchev–Trinajstić information content (AvgIpc) is 2.46. The van der Waals surface area contributed by atoms with E-state index >= 15 is 0 Å². The van der Waals surface area contributed by atoms with Gasteiger partial charge in [0.15, 0.2) is 0 Å². The number of aryl methyl sites for hydroxylation is 1. The van der Waals surface area contributed by atoms with Crippen molar-refractivity contribution in [1.29, 1.82) is 0 Å². The first-order chi connectivity index (χ1) is 9.26. The quantitative estimate of drug-likeness (QED) is 0.864. The Bertz CT molecular complexity index is 540. The van der Waals surface area contributed by atoms with E-state index in [0.29, 0.717) is 0 Å². The zero-order chi connectivity index (χ0) is 13.7. The highest BCUT2D eigenvalue weighted by Gasteiger charge is 2.15. The van der Waals surface area contributed by atoms with Crippen LogP contribution in [0.4, 0.5) is 5.69 Å². The fourth-order valence-electron chi connectivity index (χ4n) is 2.10. The number of benzene rings is 2. The Labute approximate surface area is 113 Å². The summed E-state index contributed by atoms with van der Waals surface area (Å²) in [6.07, 6.45) is 0. The second-order valence-corrected chi connectivity index (χ2v) is 4.44. The second kappa shape index (κ2) is 6.25. The van der Waals surface area contributed by atoms with E-state index in [-0.39, 0.29) is 12.6 Å². The predicted octanol–water partition coefficient (Wildman–Crippen LogP) is 3.15. The molecule has 3 heteroatoms. The largest absolute Gasteiger partial charge is 0.496 e. The van der Waals surface area contributed by atoms with Crippen molar-refractivity contribution < 1.29 is 9.84 Å². The molecule has 2 N–H and O–H groups in total. The molecule has 2 aromatic rings. The van der Waals surface area contributed by atoms with E-state index in [9.17, 15) is 5.11 Å². The molecule has 2 aromatic carbocycles. The molecule has 3 nitrogen and oxygen atoms in total. The van der Waals surface area contributed by atoms with Gasteiger partial charge in [0.1, 0.15) is 5.75 Å². The molecule has 0 spiro atoms. The molecule has 0 aromatic heterocycles. The van der Waals surface area contributed by atoms with Crippen molar-refractivity contribution in [3.63, 3.8) is 0 Å². The van der Waals surface area contributed by atoms with Crippen LogP contribution in [0.2, 0.25) is 0 Å². The van der Waals surface area contributed by atoms with E-state index in [2.05, 4.69) is 5.32 Å². The molecule has 0 radical (unpaired) electrons. The molecule has 0 fully saturated rings. The van der Waals surface area contributed by atoms with Gasteiger partial charge in [0.05, 0.1) is 19.8 Å². The van der Waals surface area contributed by atoms with Crippen molar-refractivity contribution in [1.82, 2.24) is 0 Å². The van der Waals surface area contributed by atoms with Crippen LogP contribution in [-0.4, -0.2) is 18.8 Å². The summed E-state index contributed by atoms with van der Waals surface area (Å²) in [5.74, 6) is 0.780. The Morgan fingerprint density at radius 1 is 1.11 bits per heavy atom. The van der Waals surface area contributed by atoms with Crippen molar-refractivity contribution in [2.45, 2.75) is 13.0 Å². The Morgan fingerprint density at radius 3 is 2.47 bits per heavy atom. The SMILES string of the molecule is COc1ccccc1C(CO)Nc1ccccc1C. The fraction of sp³-hybridized carbons (Fsp3) is 0.250. The molecule has 0 heterocycles. The Hall–Kier alpha value is -2.00. The number of nitrogens with one attached hydrogen (secondary N) is 1. The maximum absolute atomic E-state index is 9.63. The van der Waals surface area contributed by atoms with E-state index in [1.165, 1.54) is 0 Å². The van der Waals surface area contributed by atoms with E-state index in [4.69, 9.17) is 4.74 Å². The monoisotopic (exact) mass is 257 g/mol. The Balaban J connectivity index is 2.28. The third kappa shape index (κ3) is 3.06. The number of ether oxygens (including phenoxy) is 1. The van der Waals surface area contributed by atoms with Gasteiger partial charge in [0.25, 0.3) is 0 Å². The summed E-state index contributed by atoms with van der Waals surface area (Å²) in [7, 11) is 1.64. The summed E-state index contributed by atoms with van der Waals surface area (Å²) in [4.78, 5) is 0. The van der Waals surface area contributed by atoms with Gasteiger partial charge >= 0.3 is 0 Å². The number of anilines is 1. The second-order valence-electron chi connectivity index (χ2n) is 4.44. The van der Waals surface area contributed by atoms with Gasteiger partial charge in [-0.15, -0.1) is 0 Å². The molecule has 2 rings (SSSR count). The van der Waals surface area contributed by atoms with E-state index in [1.807, 2.05) is 55.5 Å². The van der Waals surface area contributed by atoms with Crippen molar-refractivity contribution in [3.05, 3.63) is 59.7 Å². The topological polar surface area (TPSA) is 41.5 Å². The van der Waals surface area contributed by atoms with E-state index in [0.717, 1.165) is 22.6 Å². The van der Waals surface area contributed by atoms with Gasteiger partial charge in [-0.2, -0.15) is 0 Å². The van der Waals surface area contributed by atoms with Crippen molar-refractivity contribution in [2.24, 2.45) is 0 Å². The van der Waals surface area contributed by atoms with Crippen LogP contribution in [0.25, 0.3) is 0 Å². The first-order valence-electron chi connectivity index (χ1n) is 6.32. The van der Waals surface area contributed by atoms with Crippen LogP contribution in [0.3, 0.4) is 0 Å². The lowest BCUT2D eigenvalue weighted by molar-refractivity contribution is 0.273. The zero-order valence-electron chi connectivity index (χ0n) is 11.3. The molecular weight excluding hydrogens is 238 g/mol. The Kier molecular flexibility index (Phi) is 4.42. The molecule has 1 atom stereocenters. The first kappa shape index (κ1) is 13.4. The smallest absolute Gasteiger partial charge is 0.124 e. The normalized spacial score (nSPS) is 11.9. The Morgan fingerprint density at radius 2 is 1.79 bits per heavy atom. The number of rotatable bonds is 5. The average molecular weight is 257 g/mol. The van der Waals surface area contributed by atoms with Crippen molar-refractivity contribution in [2.75, 3.05) is 19.0 Å². The van der Waals surface area contributed by atoms with Crippen LogP contribution in [0.5, 0.6) is 5.75 Å². The lowest BCUT2D eigenvalue weighted by Gasteiger charge is -2.21. The van der Waals surface area contributed by atoms with Gasteiger partial charge in [0.2, 0.25) is 0 Å². The maximum Gasteiger partial charge on any atom is 0.124 e. The van der Waals surface area contributed by atoms with E-state index in [1.54, 1.807) is 7.11 Å². The van der Waals surface area contributed by atoms with Crippen LogP contribution in [-0.2, 0) is 0 Å². The van der Waals surface area contributed by atoms with Crippen molar-refractivity contribution in [3.8, 4) is 5.75 Å². The highest BCUT2D eigenvalue weighted by atomic mass is 16.5. The van der Waals surface area contributed by atoms with Crippen LogP contribution >= 0.6 is 0 Å². The summed E-state index contributed by atoms with van der Waals surface area (Å²) < 4.78 is 5.34. The van der Waals surface area contributed by atoms with E-state index < -0.39 is 0 Å².